The number of carbonyl (C=O) groups excluding carboxylic acids is 4. The number of hydrogen-bond acceptors (Lipinski definition) is 11. The zero-order chi connectivity index (χ0) is 29.6. The predicted octanol–water partition coefficient (Wildman–Crippen LogP) is -0.962. The van der Waals surface area contributed by atoms with Crippen LogP contribution in [0.3, 0.4) is 0 Å². The van der Waals surface area contributed by atoms with Gasteiger partial charge in [0, 0.05) is 31.4 Å². The van der Waals surface area contributed by atoms with Gasteiger partial charge >= 0.3 is 0 Å². The Hall–Kier alpha value is -1.80. The molecule has 0 spiro atoms. The SMILES string of the molecule is COCCOC(O)NC1CCC(C2CCC(O)C3C(=O)C4C(O)[C@]5(O)C(=O)C(C(N)=O)C(=O)C[C@@H]5C[C@@H]4CC23)CC1. The zero-order valence-electron chi connectivity index (χ0n) is 23.5. The summed E-state index contributed by atoms with van der Waals surface area (Å²) in [5.74, 6) is -7.69. The maximum atomic E-state index is 14.0. The lowest BCUT2D eigenvalue weighted by Crippen LogP contribution is -2.71. The number of ketones is 3. The second-order valence-corrected chi connectivity index (χ2v) is 13.0. The third kappa shape index (κ3) is 5.41. The number of fused-ring (bicyclic) bond motifs is 3. The highest BCUT2D eigenvalue weighted by Gasteiger charge is 2.67. The van der Waals surface area contributed by atoms with Gasteiger partial charge < -0.3 is 35.6 Å². The van der Waals surface area contributed by atoms with Crippen LogP contribution in [-0.2, 0) is 28.7 Å². The van der Waals surface area contributed by atoms with E-state index in [-0.39, 0.29) is 49.0 Å². The van der Waals surface area contributed by atoms with Gasteiger partial charge in [0.15, 0.2) is 23.1 Å². The van der Waals surface area contributed by atoms with E-state index in [4.69, 9.17) is 15.2 Å². The number of nitrogens with two attached hydrogens (primary N) is 1. The first-order chi connectivity index (χ1) is 19.5. The van der Waals surface area contributed by atoms with Gasteiger partial charge in [-0.2, -0.15) is 0 Å². The quantitative estimate of drug-likeness (QED) is 0.117. The van der Waals surface area contributed by atoms with Crippen LogP contribution in [0.15, 0.2) is 0 Å². The van der Waals surface area contributed by atoms with E-state index in [1.807, 2.05) is 0 Å². The maximum Gasteiger partial charge on any atom is 0.235 e. The molecule has 11 atom stereocenters. The van der Waals surface area contributed by atoms with Crippen molar-refractivity contribution in [3.05, 3.63) is 0 Å². The molecule has 0 aromatic rings. The molecule has 0 aromatic carbocycles. The molecule has 8 unspecified atom stereocenters. The molecule has 5 fully saturated rings. The number of ether oxygens (including phenoxy) is 2. The number of hydrogen-bond donors (Lipinski definition) is 6. The number of Topliss-reactive ketones (excluding diaryl/α,β-unsaturated/α-hetero) is 3. The fourth-order valence-corrected chi connectivity index (χ4v) is 9.10. The van der Waals surface area contributed by atoms with Crippen molar-refractivity contribution in [3.63, 3.8) is 0 Å². The Morgan fingerprint density at radius 2 is 1.71 bits per heavy atom. The van der Waals surface area contributed by atoms with Crippen molar-refractivity contribution < 1.29 is 49.1 Å². The summed E-state index contributed by atoms with van der Waals surface area (Å²) in [6.45, 7) is 0.671. The molecule has 0 heterocycles. The minimum absolute atomic E-state index is 0.0999. The monoisotopic (exact) mass is 580 g/mol. The average Bonchev–Trinajstić information content (AvgIpc) is 2.91. The van der Waals surface area contributed by atoms with Crippen molar-refractivity contribution in [2.24, 2.45) is 53.1 Å². The fourth-order valence-electron chi connectivity index (χ4n) is 9.10. The van der Waals surface area contributed by atoms with E-state index in [2.05, 4.69) is 5.32 Å². The number of amides is 1. The zero-order valence-corrected chi connectivity index (χ0v) is 23.5. The predicted molar refractivity (Wildman–Crippen MR) is 141 cm³/mol. The Morgan fingerprint density at radius 1 is 1.00 bits per heavy atom. The standard InChI is InChI=1S/C29H44N2O10/c1-40-8-9-41-28(38)31-16-4-2-13(3-5-16)17-6-7-19(32)22-18(17)11-14-10-15-12-20(33)23(27(30)37)26(36)29(15,39)25(35)21(14)24(22)34/h13-19,21-23,25,28,31-32,35,38-39H,2-12H2,1H3,(H2,30,37)/t13?,14-,15+,16?,17?,18?,19?,21?,22?,23?,25?,28?,29+/m1/s1. The molecule has 5 rings (SSSR count). The lowest BCUT2D eigenvalue weighted by molar-refractivity contribution is -0.209. The Balaban J connectivity index is 1.29. The van der Waals surface area contributed by atoms with Crippen LogP contribution < -0.4 is 11.1 Å². The highest BCUT2D eigenvalue weighted by molar-refractivity contribution is 6.22. The average molecular weight is 581 g/mol. The van der Waals surface area contributed by atoms with Crippen LogP contribution in [0.1, 0.15) is 57.8 Å². The Morgan fingerprint density at radius 3 is 2.37 bits per heavy atom. The topological polar surface area (TPSA) is 206 Å². The number of methoxy groups -OCH3 is 1. The molecule has 0 aromatic heterocycles. The summed E-state index contributed by atoms with van der Waals surface area (Å²) < 4.78 is 10.2. The molecule has 1 amide bonds. The Kier molecular flexibility index (Phi) is 9.02. The third-order valence-electron chi connectivity index (χ3n) is 11.0. The van der Waals surface area contributed by atoms with Crippen molar-refractivity contribution in [1.29, 1.82) is 0 Å². The van der Waals surface area contributed by atoms with Crippen molar-refractivity contribution in [2.75, 3.05) is 20.3 Å². The second kappa shape index (κ2) is 12.1. The highest BCUT2D eigenvalue weighted by atomic mass is 16.6. The van der Waals surface area contributed by atoms with E-state index in [0.29, 0.717) is 25.4 Å². The molecule has 5 aliphatic carbocycles. The first-order valence-electron chi connectivity index (χ1n) is 15.0. The van der Waals surface area contributed by atoms with Gasteiger partial charge in [-0.15, -0.1) is 0 Å². The highest BCUT2D eigenvalue weighted by Crippen LogP contribution is 2.57. The lowest BCUT2D eigenvalue weighted by atomic mass is 9.48. The molecule has 12 heteroatoms. The molecule has 0 radical (unpaired) electrons. The minimum Gasteiger partial charge on any atom is -0.392 e. The number of rotatable bonds is 8. The summed E-state index contributed by atoms with van der Waals surface area (Å²) in [4.78, 5) is 51.6. The normalized spacial score (nSPS) is 45.4. The van der Waals surface area contributed by atoms with Crippen molar-refractivity contribution >= 4 is 23.3 Å². The molecule has 12 nitrogen and oxygen atoms in total. The van der Waals surface area contributed by atoms with Crippen LogP contribution >= 0.6 is 0 Å². The largest absolute Gasteiger partial charge is 0.392 e. The Bertz CT molecular complexity index is 1030. The summed E-state index contributed by atoms with van der Waals surface area (Å²) >= 11 is 0. The van der Waals surface area contributed by atoms with Gasteiger partial charge in [0.25, 0.3) is 0 Å². The molecule has 7 N–H and O–H groups in total. The van der Waals surface area contributed by atoms with Crippen LogP contribution in [0.5, 0.6) is 0 Å². The first-order valence-corrected chi connectivity index (χ1v) is 15.0. The fraction of sp³-hybridized carbons (Fsp3) is 0.862. The van der Waals surface area contributed by atoms with Crippen molar-refractivity contribution in [2.45, 2.75) is 88.1 Å². The first kappa shape index (κ1) is 30.7. The van der Waals surface area contributed by atoms with Crippen molar-refractivity contribution in [3.8, 4) is 0 Å². The molecule has 230 valence electrons. The van der Waals surface area contributed by atoms with Crippen LogP contribution in [-0.4, -0.2) is 94.3 Å². The number of carbonyl (C=O) groups is 4. The van der Waals surface area contributed by atoms with Gasteiger partial charge in [-0.3, -0.25) is 24.5 Å². The smallest absolute Gasteiger partial charge is 0.235 e. The van der Waals surface area contributed by atoms with Gasteiger partial charge in [-0.25, -0.2) is 0 Å². The lowest BCUT2D eigenvalue weighted by Gasteiger charge is -2.57. The Labute approximate surface area is 239 Å². The molecule has 0 saturated heterocycles. The summed E-state index contributed by atoms with van der Waals surface area (Å²) in [7, 11) is 1.56. The third-order valence-corrected chi connectivity index (χ3v) is 11.0. The van der Waals surface area contributed by atoms with Gasteiger partial charge in [-0.1, -0.05) is 0 Å². The van der Waals surface area contributed by atoms with Crippen LogP contribution in [0, 0.1) is 47.3 Å². The van der Waals surface area contributed by atoms with Crippen LogP contribution in [0.2, 0.25) is 0 Å². The van der Waals surface area contributed by atoms with E-state index >= 15 is 0 Å². The number of aliphatic hydroxyl groups excluding tert-OH is 3. The van der Waals surface area contributed by atoms with Crippen molar-refractivity contribution in [1.82, 2.24) is 5.32 Å². The molecule has 5 saturated carbocycles. The molecule has 5 aliphatic rings. The van der Waals surface area contributed by atoms with Gasteiger partial charge in [0.05, 0.1) is 25.2 Å². The van der Waals surface area contributed by atoms with E-state index in [1.165, 1.54) is 0 Å². The molecule has 0 bridgehead atoms. The van der Waals surface area contributed by atoms with Crippen LogP contribution in [0.25, 0.3) is 0 Å². The molecular formula is C29H44N2O10. The minimum atomic E-state index is -2.40. The van der Waals surface area contributed by atoms with Gasteiger partial charge in [-0.05, 0) is 75.0 Å². The van der Waals surface area contributed by atoms with Crippen LogP contribution in [0.4, 0.5) is 0 Å². The van der Waals surface area contributed by atoms with Gasteiger partial charge in [0.2, 0.25) is 12.3 Å². The molecule has 0 aliphatic heterocycles. The van der Waals surface area contributed by atoms with E-state index in [1.54, 1.807) is 7.11 Å². The van der Waals surface area contributed by atoms with E-state index in [9.17, 15) is 39.6 Å². The van der Waals surface area contributed by atoms with Gasteiger partial charge in [0.1, 0.15) is 11.9 Å². The molecule has 41 heavy (non-hydrogen) atoms. The van der Waals surface area contributed by atoms with E-state index < -0.39 is 65.4 Å². The summed E-state index contributed by atoms with van der Waals surface area (Å²) in [6.07, 6.45) is 1.51. The summed E-state index contributed by atoms with van der Waals surface area (Å²) in [6, 6.07) is 0.0999. The second-order valence-electron chi connectivity index (χ2n) is 13.0. The van der Waals surface area contributed by atoms with E-state index in [0.717, 1.165) is 32.1 Å². The maximum absolute atomic E-state index is 14.0. The number of nitrogens with one attached hydrogen (secondary N) is 1. The summed E-state index contributed by atoms with van der Waals surface area (Å²) in [5.41, 5.74) is 2.88. The summed E-state index contributed by atoms with van der Waals surface area (Å²) in [5, 5.41) is 47.0. The number of primary amides is 1. The molecular weight excluding hydrogens is 536 g/mol. The number of aliphatic hydroxyl groups is 4.